The summed E-state index contributed by atoms with van der Waals surface area (Å²) >= 11 is 1.79. The molecule has 2 saturated heterocycles. The van der Waals surface area contributed by atoms with Gasteiger partial charge in [-0.15, -0.1) is 27.1 Å². The number of pyridine rings is 1. The second kappa shape index (κ2) is 9.50. The molecule has 0 atom stereocenters. The molecule has 5 heterocycles. The second-order valence-electron chi connectivity index (χ2n) is 9.33. The van der Waals surface area contributed by atoms with Gasteiger partial charge in [-0.1, -0.05) is 0 Å². The minimum absolute atomic E-state index is 0.00477. The molecule has 0 spiro atoms. The van der Waals surface area contributed by atoms with Crippen LogP contribution in [0.1, 0.15) is 23.3 Å². The molecule has 14 heteroatoms. The number of amides is 3. The molecule has 1 saturated carbocycles. The van der Waals surface area contributed by atoms with Gasteiger partial charge in [0.25, 0.3) is 5.91 Å². The van der Waals surface area contributed by atoms with E-state index in [4.69, 9.17) is 0 Å². The lowest BCUT2D eigenvalue weighted by Gasteiger charge is -2.41. The Bertz CT molecular complexity index is 1380. The van der Waals surface area contributed by atoms with Crippen LogP contribution in [0.5, 0.6) is 0 Å². The normalized spacial score (nSPS) is 17.5. The van der Waals surface area contributed by atoms with E-state index < -0.39 is 5.91 Å². The highest BCUT2D eigenvalue weighted by molar-refractivity contribution is 7.99. The van der Waals surface area contributed by atoms with Crippen LogP contribution in [-0.2, 0) is 9.59 Å². The highest BCUT2D eigenvalue weighted by atomic mass is 32.2. The van der Waals surface area contributed by atoms with E-state index in [0.29, 0.717) is 24.4 Å². The highest BCUT2D eigenvalue weighted by Crippen LogP contribution is 2.31. The first-order valence-electron chi connectivity index (χ1n) is 12.1. The van der Waals surface area contributed by atoms with Crippen LogP contribution in [0, 0.1) is 11.8 Å². The number of aromatic nitrogens is 5. The number of fused-ring (bicyclic) bond motifs is 1. The average Bonchev–Trinajstić information content (AvgIpc) is 3.42. The number of hydrogen-bond donors (Lipinski definition) is 3. The molecular formula is C23H26N10O3S. The van der Waals surface area contributed by atoms with Crippen LogP contribution >= 0.6 is 11.8 Å². The van der Waals surface area contributed by atoms with Gasteiger partial charge in [-0.3, -0.25) is 14.4 Å². The maximum atomic E-state index is 12.6. The van der Waals surface area contributed by atoms with Crippen LogP contribution in [0.25, 0.3) is 5.65 Å². The molecule has 3 N–H and O–H groups in total. The van der Waals surface area contributed by atoms with Crippen LogP contribution in [0.2, 0.25) is 0 Å². The zero-order chi connectivity index (χ0) is 25.5. The minimum atomic E-state index is -0.435. The number of carbonyl (C=O) groups excluding carboxylic acids is 3. The van der Waals surface area contributed by atoms with Gasteiger partial charge in [0.2, 0.25) is 17.8 Å². The van der Waals surface area contributed by atoms with Crippen LogP contribution in [0.15, 0.2) is 24.4 Å². The van der Waals surface area contributed by atoms with Crippen molar-refractivity contribution in [2.75, 3.05) is 53.8 Å². The van der Waals surface area contributed by atoms with E-state index in [9.17, 15) is 14.4 Å². The van der Waals surface area contributed by atoms with Crippen molar-refractivity contribution in [3.8, 4) is 0 Å². The molecule has 2 aliphatic heterocycles. The van der Waals surface area contributed by atoms with Crippen LogP contribution in [0.3, 0.4) is 0 Å². The fraction of sp³-hybridized carbons (Fsp3) is 0.435. The Morgan fingerprint density at radius 2 is 1.95 bits per heavy atom. The SMILES string of the molecule is CNC(=O)c1nnc(NC(=O)C2CC2)cc1Nc1nc2ccc(N3CC(C(=O)N4CCSC4)C3)cn2n1. The Labute approximate surface area is 216 Å². The third kappa shape index (κ3) is 4.75. The summed E-state index contributed by atoms with van der Waals surface area (Å²) in [6.07, 6.45) is 3.59. The Kier molecular flexibility index (Phi) is 6.02. The van der Waals surface area contributed by atoms with Crippen molar-refractivity contribution in [1.29, 1.82) is 0 Å². The molecule has 192 valence electrons. The fourth-order valence-corrected chi connectivity index (χ4v) is 5.29. The maximum absolute atomic E-state index is 12.6. The van der Waals surface area contributed by atoms with E-state index in [1.807, 2.05) is 23.2 Å². The number of nitrogens with one attached hydrogen (secondary N) is 3. The molecule has 3 aromatic heterocycles. The van der Waals surface area contributed by atoms with Crippen molar-refractivity contribution < 1.29 is 14.4 Å². The largest absolute Gasteiger partial charge is 0.369 e. The van der Waals surface area contributed by atoms with E-state index in [1.54, 1.807) is 22.3 Å². The Morgan fingerprint density at radius 1 is 1.11 bits per heavy atom. The van der Waals surface area contributed by atoms with Crippen molar-refractivity contribution in [2.24, 2.45) is 11.8 Å². The van der Waals surface area contributed by atoms with Crippen LogP contribution in [-0.4, -0.2) is 85.7 Å². The number of thioether (sulfide) groups is 1. The second-order valence-corrected chi connectivity index (χ2v) is 10.4. The van der Waals surface area contributed by atoms with Crippen molar-refractivity contribution in [3.05, 3.63) is 30.1 Å². The lowest BCUT2D eigenvalue weighted by molar-refractivity contribution is -0.134. The fourth-order valence-electron chi connectivity index (χ4n) is 4.33. The van der Waals surface area contributed by atoms with Crippen molar-refractivity contribution in [2.45, 2.75) is 12.8 Å². The van der Waals surface area contributed by atoms with Gasteiger partial charge in [0.15, 0.2) is 17.2 Å². The lowest BCUT2D eigenvalue weighted by atomic mass is 9.98. The predicted octanol–water partition coefficient (Wildman–Crippen LogP) is 0.940. The summed E-state index contributed by atoms with van der Waals surface area (Å²) in [7, 11) is 1.50. The molecule has 3 amide bonds. The molecule has 13 nitrogen and oxygen atoms in total. The smallest absolute Gasteiger partial charge is 0.273 e. The van der Waals surface area contributed by atoms with Crippen LogP contribution in [0.4, 0.5) is 23.1 Å². The Morgan fingerprint density at radius 3 is 2.68 bits per heavy atom. The van der Waals surface area contributed by atoms with Crippen LogP contribution < -0.4 is 20.9 Å². The van der Waals surface area contributed by atoms with Gasteiger partial charge in [-0.05, 0) is 25.0 Å². The number of nitrogens with zero attached hydrogens (tertiary/aromatic N) is 7. The number of anilines is 4. The molecule has 0 unspecified atom stereocenters. The van der Waals surface area contributed by atoms with Gasteiger partial charge in [0, 0.05) is 44.4 Å². The number of hydrogen-bond acceptors (Lipinski definition) is 10. The maximum Gasteiger partial charge on any atom is 0.273 e. The Hall–Kier alpha value is -3.94. The van der Waals surface area contributed by atoms with E-state index in [1.165, 1.54) is 7.05 Å². The third-order valence-corrected chi connectivity index (χ3v) is 7.62. The lowest BCUT2D eigenvalue weighted by Crippen LogP contribution is -2.54. The predicted molar refractivity (Wildman–Crippen MR) is 138 cm³/mol. The molecule has 0 radical (unpaired) electrons. The van der Waals surface area contributed by atoms with Crippen molar-refractivity contribution in [1.82, 2.24) is 35.0 Å². The summed E-state index contributed by atoms with van der Waals surface area (Å²) in [5, 5.41) is 20.8. The van der Waals surface area contributed by atoms with Gasteiger partial charge in [0.1, 0.15) is 0 Å². The summed E-state index contributed by atoms with van der Waals surface area (Å²) in [4.78, 5) is 45.7. The van der Waals surface area contributed by atoms with Gasteiger partial charge < -0.3 is 25.8 Å². The minimum Gasteiger partial charge on any atom is -0.369 e. The quantitative estimate of drug-likeness (QED) is 0.409. The molecule has 0 bridgehead atoms. The molecule has 6 rings (SSSR count). The molecule has 1 aliphatic carbocycles. The summed E-state index contributed by atoms with van der Waals surface area (Å²) < 4.78 is 1.65. The highest BCUT2D eigenvalue weighted by Gasteiger charge is 2.36. The van der Waals surface area contributed by atoms with Crippen molar-refractivity contribution >= 4 is 58.3 Å². The first-order valence-corrected chi connectivity index (χ1v) is 13.3. The summed E-state index contributed by atoms with van der Waals surface area (Å²) in [6, 6.07) is 5.35. The summed E-state index contributed by atoms with van der Waals surface area (Å²) in [6.45, 7) is 2.20. The molecule has 3 aliphatic rings. The molecular weight excluding hydrogens is 496 g/mol. The van der Waals surface area contributed by atoms with E-state index in [2.05, 4.69) is 41.1 Å². The van der Waals surface area contributed by atoms with E-state index in [-0.39, 0.29) is 41.1 Å². The van der Waals surface area contributed by atoms with Gasteiger partial charge >= 0.3 is 0 Å². The molecule has 3 fully saturated rings. The molecule has 37 heavy (non-hydrogen) atoms. The first-order chi connectivity index (χ1) is 18.0. The molecule has 0 aromatic carbocycles. The number of rotatable bonds is 7. The monoisotopic (exact) mass is 522 g/mol. The third-order valence-electron chi connectivity index (χ3n) is 6.66. The average molecular weight is 523 g/mol. The number of carbonyl (C=O) groups is 3. The topological polar surface area (TPSA) is 150 Å². The van der Waals surface area contributed by atoms with Crippen molar-refractivity contribution in [3.63, 3.8) is 0 Å². The Balaban J connectivity index is 1.18. The van der Waals surface area contributed by atoms with Gasteiger partial charge in [-0.25, -0.2) is 4.52 Å². The summed E-state index contributed by atoms with van der Waals surface area (Å²) in [5.41, 5.74) is 1.93. The van der Waals surface area contributed by atoms with Gasteiger partial charge in [0.05, 0.1) is 29.4 Å². The van der Waals surface area contributed by atoms with Gasteiger partial charge in [-0.2, -0.15) is 4.98 Å². The summed E-state index contributed by atoms with van der Waals surface area (Å²) in [5.74, 6) is 2.03. The zero-order valence-corrected chi connectivity index (χ0v) is 21.0. The zero-order valence-electron chi connectivity index (χ0n) is 20.2. The van der Waals surface area contributed by atoms with E-state index in [0.717, 1.165) is 36.7 Å². The molecule has 3 aromatic rings. The first kappa shape index (κ1) is 23.5. The standard InChI is InChI=1S/C23H26N10O3S/c1-24-21(35)19-16(8-17(28-29-19)26-20(34)13-2-3-13)25-23-27-18-5-4-15(11-33(18)30-23)32-9-14(10-32)22(36)31-6-7-37-12-31/h4-5,8,11,13-14H,2-3,6-7,9-10,12H2,1H3,(H,24,35)(H2,25,26,28,30,34). The van der Waals surface area contributed by atoms with E-state index >= 15 is 0 Å².